The Morgan fingerprint density at radius 1 is 1.24 bits per heavy atom. The number of hydrogen-bond acceptors (Lipinski definition) is 3. The molecule has 1 aromatic heterocycles. The summed E-state index contributed by atoms with van der Waals surface area (Å²) in [5.41, 5.74) is 8.29. The summed E-state index contributed by atoms with van der Waals surface area (Å²) in [5, 5.41) is 2.13. The van der Waals surface area contributed by atoms with E-state index in [1.807, 2.05) is 0 Å². The van der Waals surface area contributed by atoms with Gasteiger partial charge in [0.1, 0.15) is 0 Å². The molecule has 2 aromatic rings. The van der Waals surface area contributed by atoms with Crippen molar-refractivity contribution in [1.82, 2.24) is 0 Å². The Bertz CT molecular complexity index is 503. The predicted octanol–water partition coefficient (Wildman–Crippen LogP) is 2.52. The molecule has 2 heterocycles. The maximum Gasteiger partial charge on any atom is 0.0763 e. The molecule has 0 spiro atoms. The van der Waals surface area contributed by atoms with Gasteiger partial charge in [-0.25, -0.2) is 0 Å². The molecule has 1 aliphatic rings. The standard InChI is InChI=1S/C14H15NOS/c15-8-11-3-1-4-12(7-11)14(9-16-10-14)13-5-2-6-17-13/h1-7H,8-10,15H2. The minimum Gasteiger partial charge on any atom is -0.379 e. The van der Waals surface area contributed by atoms with Crippen LogP contribution in [0.15, 0.2) is 41.8 Å². The molecule has 3 heteroatoms. The first kappa shape index (κ1) is 11.0. The summed E-state index contributed by atoms with van der Waals surface area (Å²) >= 11 is 1.80. The highest BCUT2D eigenvalue weighted by atomic mass is 32.1. The van der Waals surface area contributed by atoms with Gasteiger partial charge in [0.25, 0.3) is 0 Å². The lowest BCUT2D eigenvalue weighted by Crippen LogP contribution is -2.47. The summed E-state index contributed by atoms with van der Waals surface area (Å²) in [6.45, 7) is 2.15. The summed E-state index contributed by atoms with van der Waals surface area (Å²) in [5.74, 6) is 0. The van der Waals surface area contributed by atoms with E-state index in [0.29, 0.717) is 6.54 Å². The van der Waals surface area contributed by atoms with E-state index in [1.54, 1.807) is 11.3 Å². The van der Waals surface area contributed by atoms with Crippen molar-refractivity contribution in [1.29, 1.82) is 0 Å². The molecule has 1 aromatic carbocycles. The Morgan fingerprint density at radius 2 is 2.12 bits per heavy atom. The van der Waals surface area contributed by atoms with Crippen molar-refractivity contribution in [2.45, 2.75) is 12.0 Å². The third-order valence-corrected chi connectivity index (χ3v) is 4.48. The molecule has 1 fully saturated rings. The molecule has 2 nitrogen and oxygen atoms in total. The molecule has 0 unspecified atom stereocenters. The average Bonchev–Trinajstić information content (AvgIpc) is 2.82. The fourth-order valence-corrected chi connectivity index (χ4v) is 3.23. The SMILES string of the molecule is NCc1cccc(C2(c3cccs3)COC2)c1. The number of thiophene rings is 1. The van der Waals surface area contributed by atoms with Crippen molar-refractivity contribution < 1.29 is 4.74 Å². The van der Waals surface area contributed by atoms with E-state index < -0.39 is 0 Å². The molecule has 1 aliphatic heterocycles. The predicted molar refractivity (Wildman–Crippen MR) is 70.3 cm³/mol. The molecule has 1 saturated heterocycles. The first-order valence-electron chi connectivity index (χ1n) is 5.76. The van der Waals surface area contributed by atoms with E-state index >= 15 is 0 Å². The molecule has 88 valence electrons. The van der Waals surface area contributed by atoms with Crippen LogP contribution in [0.2, 0.25) is 0 Å². The van der Waals surface area contributed by atoms with Crippen molar-refractivity contribution in [2.24, 2.45) is 5.73 Å². The van der Waals surface area contributed by atoms with Crippen LogP contribution in [-0.2, 0) is 16.7 Å². The molecule has 17 heavy (non-hydrogen) atoms. The minimum atomic E-state index is 0.0688. The molecule has 0 radical (unpaired) electrons. The number of benzene rings is 1. The highest BCUT2D eigenvalue weighted by Gasteiger charge is 2.42. The quantitative estimate of drug-likeness (QED) is 0.902. The molecular weight excluding hydrogens is 230 g/mol. The van der Waals surface area contributed by atoms with Crippen LogP contribution in [0.1, 0.15) is 16.0 Å². The lowest BCUT2D eigenvalue weighted by molar-refractivity contribution is -0.0362. The van der Waals surface area contributed by atoms with Crippen molar-refractivity contribution in [3.05, 3.63) is 57.8 Å². The van der Waals surface area contributed by atoms with Crippen LogP contribution in [0, 0.1) is 0 Å². The van der Waals surface area contributed by atoms with E-state index in [9.17, 15) is 0 Å². The van der Waals surface area contributed by atoms with Crippen LogP contribution in [0.5, 0.6) is 0 Å². The van der Waals surface area contributed by atoms with Crippen LogP contribution in [0.25, 0.3) is 0 Å². The van der Waals surface area contributed by atoms with Crippen LogP contribution in [-0.4, -0.2) is 13.2 Å². The van der Waals surface area contributed by atoms with Gasteiger partial charge in [0, 0.05) is 11.4 Å². The monoisotopic (exact) mass is 245 g/mol. The van der Waals surface area contributed by atoms with E-state index in [1.165, 1.54) is 16.0 Å². The number of ether oxygens (including phenoxy) is 1. The Balaban J connectivity index is 2.05. The highest BCUT2D eigenvalue weighted by Crippen LogP contribution is 2.41. The molecule has 0 bridgehead atoms. The first-order chi connectivity index (χ1) is 8.35. The maximum absolute atomic E-state index is 5.71. The van der Waals surface area contributed by atoms with Crippen molar-refractivity contribution in [3.8, 4) is 0 Å². The number of hydrogen-bond donors (Lipinski definition) is 1. The summed E-state index contributed by atoms with van der Waals surface area (Å²) in [6, 6.07) is 12.9. The molecule has 0 saturated carbocycles. The zero-order valence-electron chi connectivity index (χ0n) is 9.56. The van der Waals surface area contributed by atoms with Gasteiger partial charge in [0.15, 0.2) is 0 Å². The van der Waals surface area contributed by atoms with Gasteiger partial charge in [-0.05, 0) is 22.6 Å². The van der Waals surface area contributed by atoms with Crippen LogP contribution in [0.3, 0.4) is 0 Å². The minimum absolute atomic E-state index is 0.0688. The van der Waals surface area contributed by atoms with E-state index in [0.717, 1.165) is 13.2 Å². The van der Waals surface area contributed by atoms with Crippen molar-refractivity contribution in [3.63, 3.8) is 0 Å². The van der Waals surface area contributed by atoms with Gasteiger partial charge >= 0.3 is 0 Å². The maximum atomic E-state index is 5.71. The molecule has 3 rings (SSSR count). The van der Waals surface area contributed by atoms with Gasteiger partial charge in [-0.2, -0.15) is 0 Å². The van der Waals surface area contributed by atoms with Gasteiger partial charge in [0.05, 0.1) is 18.6 Å². The zero-order chi connectivity index (χ0) is 11.7. The number of nitrogens with two attached hydrogens (primary N) is 1. The number of rotatable bonds is 3. The fourth-order valence-electron chi connectivity index (χ4n) is 2.30. The molecule has 0 aliphatic carbocycles. The second-order valence-corrected chi connectivity index (χ2v) is 5.40. The lowest BCUT2D eigenvalue weighted by atomic mass is 9.77. The second kappa shape index (κ2) is 4.26. The van der Waals surface area contributed by atoms with E-state index in [2.05, 4.69) is 41.8 Å². The van der Waals surface area contributed by atoms with Crippen LogP contribution < -0.4 is 5.73 Å². The largest absolute Gasteiger partial charge is 0.379 e. The Morgan fingerprint density at radius 3 is 2.71 bits per heavy atom. The third-order valence-electron chi connectivity index (χ3n) is 3.41. The van der Waals surface area contributed by atoms with Crippen molar-refractivity contribution >= 4 is 11.3 Å². The summed E-state index contributed by atoms with van der Waals surface area (Å²) in [7, 11) is 0. The van der Waals surface area contributed by atoms with Gasteiger partial charge < -0.3 is 10.5 Å². The Labute approximate surface area is 105 Å². The molecular formula is C14H15NOS. The van der Waals surface area contributed by atoms with Crippen LogP contribution in [0.4, 0.5) is 0 Å². The third kappa shape index (κ3) is 1.71. The fraction of sp³-hybridized carbons (Fsp3) is 0.286. The zero-order valence-corrected chi connectivity index (χ0v) is 10.4. The summed E-state index contributed by atoms with van der Waals surface area (Å²) in [6.07, 6.45) is 0. The van der Waals surface area contributed by atoms with Crippen molar-refractivity contribution in [2.75, 3.05) is 13.2 Å². The molecule has 0 atom stereocenters. The summed E-state index contributed by atoms with van der Waals surface area (Å²) < 4.78 is 5.47. The summed E-state index contributed by atoms with van der Waals surface area (Å²) in [4.78, 5) is 1.39. The van der Waals surface area contributed by atoms with Gasteiger partial charge in [-0.1, -0.05) is 30.3 Å². The molecule has 0 amide bonds. The topological polar surface area (TPSA) is 35.2 Å². The second-order valence-electron chi connectivity index (χ2n) is 4.46. The van der Waals surface area contributed by atoms with E-state index in [4.69, 9.17) is 10.5 Å². The van der Waals surface area contributed by atoms with Gasteiger partial charge in [-0.3, -0.25) is 0 Å². The first-order valence-corrected chi connectivity index (χ1v) is 6.64. The Hall–Kier alpha value is -1.16. The smallest absolute Gasteiger partial charge is 0.0763 e. The molecule has 2 N–H and O–H groups in total. The lowest BCUT2D eigenvalue weighted by Gasteiger charge is -2.41. The van der Waals surface area contributed by atoms with Crippen LogP contribution >= 0.6 is 11.3 Å². The Kier molecular flexibility index (Phi) is 2.74. The van der Waals surface area contributed by atoms with Gasteiger partial charge in [0.2, 0.25) is 0 Å². The van der Waals surface area contributed by atoms with E-state index in [-0.39, 0.29) is 5.41 Å². The average molecular weight is 245 g/mol. The normalized spacial score (nSPS) is 17.7. The van der Waals surface area contributed by atoms with Gasteiger partial charge in [-0.15, -0.1) is 11.3 Å². The highest BCUT2D eigenvalue weighted by molar-refractivity contribution is 7.10.